The summed E-state index contributed by atoms with van der Waals surface area (Å²) in [6.07, 6.45) is 0. The van der Waals surface area contributed by atoms with Crippen LogP contribution in [0.25, 0.3) is 0 Å². The van der Waals surface area contributed by atoms with E-state index in [9.17, 15) is 23.1 Å². The Hall–Kier alpha value is -1.89. The van der Waals surface area contributed by atoms with Gasteiger partial charge in [0.1, 0.15) is 5.75 Å². The average molecular weight is 341 g/mol. The van der Waals surface area contributed by atoms with Crippen molar-refractivity contribution in [1.29, 1.82) is 0 Å². The second kappa shape index (κ2) is 6.31. The highest BCUT2D eigenvalue weighted by molar-refractivity contribution is 7.93. The monoisotopic (exact) mass is 341 g/mol. The first kappa shape index (κ1) is 19.2. The van der Waals surface area contributed by atoms with Gasteiger partial charge in [0.15, 0.2) is 9.84 Å². The van der Waals surface area contributed by atoms with Crippen LogP contribution >= 0.6 is 0 Å². The van der Waals surface area contributed by atoms with Gasteiger partial charge >= 0.3 is 5.97 Å². The van der Waals surface area contributed by atoms with Crippen LogP contribution in [0, 0.1) is 0 Å². The second-order valence-electron chi connectivity index (χ2n) is 6.93. The number of carboxylic acids is 1. The van der Waals surface area contributed by atoms with E-state index in [-0.39, 0.29) is 0 Å². The van der Waals surface area contributed by atoms with Gasteiger partial charge in [-0.25, -0.2) is 8.42 Å². The highest BCUT2D eigenvalue weighted by atomic mass is 32.2. The Kier molecular flexibility index (Phi) is 5.26. The Bertz CT molecular complexity index is 697. The zero-order valence-corrected chi connectivity index (χ0v) is 14.8. The molecule has 0 aliphatic rings. The number of rotatable bonds is 5. The van der Waals surface area contributed by atoms with E-state index in [2.05, 4.69) is 5.32 Å². The maximum atomic E-state index is 12.0. The number of carbonyl (C=O) groups excluding carboxylic acids is 1. The van der Waals surface area contributed by atoms with Crippen molar-refractivity contribution in [2.24, 2.45) is 0 Å². The largest absolute Gasteiger partial charge is 0.481 e. The van der Waals surface area contributed by atoms with Gasteiger partial charge in [0.05, 0.1) is 10.2 Å². The lowest BCUT2D eigenvalue weighted by Crippen LogP contribution is -2.35. The Labute approximate surface area is 136 Å². The molecule has 0 atom stereocenters. The first-order valence-corrected chi connectivity index (χ1v) is 8.79. The molecule has 0 aliphatic heterocycles. The molecular weight excluding hydrogens is 318 g/mol. The summed E-state index contributed by atoms with van der Waals surface area (Å²) in [5.74, 6) is -2.17. The zero-order valence-electron chi connectivity index (χ0n) is 14.0. The van der Waals surface area contributed by atoms with Crippen molar-refractivity contribution < 1.29 is 23.1 Å². The minimum absolute atomic E-state index is 0.420. The smallest absolute Gasteiger partial charge is 0.313 e. The molecule has 0 spiro atoms. The number of carbonyl (C=O) groups is 2. The number of carboxylic acid groups (broad SMARTS) is 1. The van der Waals surface area contributed by atoms with Crippen LogP contribution in [0.15, 0.2) is 24.3 Å². The Morgan fingerprint density at radius 3 is 1.91 bits per heavy atom. The summed E-state index contributed by atoms with van der Waals surface area (Å²) in [6, 6.07) is 6.31. The summed E-state index contributed by atoms with van der Waals surface area (Å²) < 4.78 is 23.0. The van der Waals surface area contributed by atoms with Crippen LogP contribution in [-0.4, -0.2) is 35.9 Å². The summed E-state index contributed by atoms with van der Waals surface area (Å²) in [6.45, 7) is 7.78. The third-order valence-electron chi connectivity index (χ3n) is 3.68. The highest BCUT2D eigenvalue weighted by Gasteiger charge is 2.31. The Balaban J connectivity index is 2.84. The van der Waals surface area contributed by atoms with Crippen molar-refractivity contribution in [1.82, 2.24) is 0 Å². The summed E-state index contributed by atoms with van der Waals surface area (Å²) in [5, 5.41) is 11.7. The topological polar surface area (TPSA) is 101 Å². The number of anilines is 1. The van der Waals surface area contributed by atoms with Crippen molar-refractivity contribution in [3.63, 3.8) is 0 Å². The second-order valence-corrected chi connectivity index (χ2v) is 9.67. The van der Waals surface area contributed by atoms with Gasteiger partial charge in [0.2, 0.25) is 5.91 Å². The molecule has 0 radical (unpaired) electrons. The minimum atomic E-state index is -3.55. The maximum Gasteiger partial charge on any atom is 0.313 e. The van der Waals surface area contributed by atoms with Crippen LogP contribution in [0.1, 0.15) is 40.2 Å². The van der Waals surface area contributed by atoms with E-state index in [0.717, 1.165) is 0 Å². The van der Waals surface area contributed by atoms with Crippen molar-refractivity contribution in [2.45, 2.75) is 44.8 Å². The quantitative estimate of drug-likeness (QED) is 0.855. The average Bonchev–Trinajstić information content (AvgIpc) is 2.36. The molecule has 0 aromatic heterocycles. The molecule has 7 heteroatoms. The van der Waals surface area contributed by atoms with Crippen molar-refractivity contribution in [2.75, 3.05) is 11.1 Å². The lowest BCUT2D eigenvalue weighted by molar-refractivity contribution is -0.142. The third kappa shape index (κ3) is 4.54. The van der Waals surface area contributed by atoms with E-state index in [0.29, 0.717) is 11.3 Å². The summed E-state index contributed by atoms with van der Waals surface area (Å²) >= 11 is 0. The molecular formula is C16H23NO5S. The molecule has 2 N–H and O–H groups in total. The molecule has 128 valence electrons. The van der Waals surface area contributed by atoms with E-state index in [4.69, 9.17) is 0 Å². The Morgan fingerprint density at radius 2 is 1.52 bits per heavy atom. The molecule has 0 bridgehead atoms. The van der Waals surface area contributed by atoms with Crippen LogP contribution in [0.2, 0.25) is 0 Å². The highest BCUT2D eigenvalue weighted by Crippen LogP contribution is 2.25. The van der Waals surface area contributed by atoms with Gasteiger partial charge in [-0.1, -0.05) is 12.1 Å². The summed E-state index contributed by atoms with van der Waals surface area (Å²) in [4.78, 5) is 23.1. The molecule has 0 fully saturated rings. The van der Waals surface area contributed by atoms with Crippen LogP contribution in [-0.2, 0) is 24.8 Å². The molecule has 0 aliphatic carbocycles. The SMILES string of the molecule is CC(C)(C(=O)O)c1ccc(NC(=O)CS(=O)(=O)C(C)(C)C)cc1. The van der Waals surface area contributed by atoms with Crippen LogP contribution in [0.5, 0.6) is 0 Å². The molecule has 1 rings (SSSR count). The van der Waals surface area contributed by atoms with E-state index < -0.39 is 37.6 Å². The molecule has 0 heterocycles. The number of benzene rings is 1. The predicted molar refractivity (Wildman–Crippen MR) is 89.3 cm³/mol. The first-order chi connectivity index (χ1) is 10.3. The van der Waals surface area contributed by atoms with Gasteiger partial charge in [0.25, 0.3) is 0 Å². The molecule has 0 saturated carbocycles. The van der Waals surface area contributed by atoms with Gasteiger partial charge in [0, 0.05) is 5.69 Å². The summed E-state index contributed by atoms with van der Waals surface area (Å²) in [7, 11) is -3.55. The fraction of sp³-hybridized carbons (Fsp3) is 0.500. The van der Waals surface area contributed by atoms with Gasteiger partial charge < -0.3 is 10.4 Å². The number of hydrogen-bond acceptors (Lipinski definition) is 4. The molecule has 0 saturated heterocycles. The van der Waals surface area contributed by atoms with Crippen molar-refractivity contribution in [3.05, 3.63) is 29.8 Å². The van der Waals surface area contributed by atoms with E-state index in [1.807, 2.05) is 0 Å². The Morgan fingerprint density at radius 1 is 1.04 bits per heavy atom. The van der Waals surface area contributed by atoms with E-state index in [1.54, 1.807) is 58.9 Å². The standard InChI is InChI=1S/C16H23NO5S/c1-15(2,3)23(21,22)10-13(18)17-12-8-6-11(7-9-12)16(4,5)14(19)20/h6-9H,10H2,1-5H3,(H,17,18)(H,19,20). The molecule has 1 amide bonds. The zero-order chi connectivity index (χ0) is 18.1. The maximum absolute atomic E-state index is 12.0. The fourth-order valence-corrected chi connectivity index (χ4v) is 2.53. The fourth-order valence-electron chi connectivity index (χ4n) is 1.68. The van der Waals surface area contributed by atoms with Crippen LogP contribution in [0.3, 0.4) is 0 Å². The number of hydrogen-bond donors (Lipinski definition) is 2. The predicted octanol–water partition coefficient (Wildman–Crippen LogP) is 2.20. The molecule has 1 aromatic carbocycles. The number of aliphatic carboxylic acids is 1. The number of nitrogens with one attached hydrogen (secondary N) is 1. The van der Waals surface area contributed by atoms with Crippen LogP contribution in [0.4, 0.5) is 5.69 Å². The molecule has 0 unspecified atom stereocenters. The van der Waals surface area contributed by atoms with Gasteiger partial charge in [-0.3, -0.25) is 9.59 Å². The lowest BCUT2D eigenvalue weighted by atomic mass is 9.85. The van der Waals surface area contributed by atoms with Crippen molar-refractivity contribution in [3.8, 4) is 0 Å². The molecule has 6 nitrogen and oxygen atoms in total. The molecule has 1 aromatic rings. The van der Waals surface area contributed by atoms with E-state index in [1.165, 1.54) is 0 Å². The van der Waals surface area contributed by atoms with Gasteiger partial charge in [-0.2, -0.15) is 0 Å². The summed E-state index contributed by atoms with van der Waals surface area (Å²) in [5.41, 5.74) is -0.0349. The van der Waals surface area contributed by atoms with Crippen LogP contribution < -0.4 is 5.32 Å². The lowest BCUT2D eigenvalue weighted by Gasteiger charge is -2.20. The minimum Gasteiger partial charge on any atom is -0.481 e. The first-order valence-electron chi connectivity index (χ1n) is 7.13. The number of sulfone groups is 1. The van der Waals surface area contributed by atoms with Gasteiger partial charge in [-0.05, 0) is 52.3 Å². The van der Waals surface area contributed by atoms with Crippen molar-refractivity contribution >= 4 is 27.4 Å². The third-order valence-corrected chi connectivity index (χ3v) is 6.19. The normalized spacial score (nSPS) is 12.7. The van der Waals surface area contributed by atoms with E-state index >= 15 is 0 Å². The number of amides is 1. The molecule has 23 heavy (non-hydrogen) atoms. The van der Waals surface area contributed by atoms with Gasteiger partial charge in [-0.15, -0.1) is 0 Å².